The van der Waals surface area contributed by atoms with Gasteiger partial charge >= 0.3 is 5.97 Å². The van der Waals surface area contributed by atoms with Crippen molar-refractivity contribution >= 4 is 38.9 Å². The maximum absolute atomic E-state index is 13.2. The fourth-order valence-electron chi connectivity index (χ4n) is 4.16. The average molecular weight is 564 g/mol. The van der Waals surface area contributed by atoms with Crippen molar-refractivity contribution in [2.24, 2.45) is 0 Å². The molecule has 1 aliphatic carbocycles. The standard InChI is InChI=1S/C29H22ClNO5S2/c30-22-13-10-20(11-14-22)12-15-23-16-17-27(37-23)38(34,35)31-29(28(32)33)18-25(29)24-8-4-5-9-26(24)36-19-21-6-2-1-3-7-21/h1-11,13-14,16-17,25,31H,18-19H2,(H,32,33)/t25-,29+/m0/s1. The lowest BCUT2D eigenvalue weighted by Gasteiger charge is -2.17. The highest BCUT2D eigenvalue weighted by atomic mass is 35.5. The molecule has 0 aliphatic heterocycles. The molecule has 0 radical (unpaired) electrons. The molecule has 5 rings (SSSR count). The zero-order valence-corrected chi connectivity index (χ0v) is 22.3. The molecular weight excluding hydrogens is 542 g/mol. The molecule has 0 unspecified atom stereocenters. The normalized spacial score (nSPS) is 18.3. The molecular formula is C29H22ClNO5S2. The van der Waals surface area contributed by atoms with Crippen LogP contribution in [0.5, 0.6) is 5.75 Å². The summed E-state index contributed by atoms with van der Waals surface area (Å²) in [6, 6.07) is 26.8. The molecule has 38 heavy (non-hydrogen) atoms. The van der Waals surface area contributed by atoms with Crippen molar-refractivity contribution in [3.05, 3.63) is 118 Å². The molecule has 0 spiro atoms. The van der Waals surface area contributed by atoms with Crippen LogP contribution in [0, 0.1) is 11.8 Å². The van der Waals surface area contributed by atoms with Crippen LogP contribution in [-0.2, 0) is 21.4 Å². The Morgan fingerprint density at radius 1 is 1.00 bits per heavy atom. The molecule has 6 nitrogen and oxygen atoms in total. The molecule has 192 valence electrons. The highest BCUT2D eigenvalue weighted by molar-refractivity contribution is 7.91. The van der Waals surface area contributed by atoms with Crippen LogP contribution in [0.4, 0.5) is 0 Å². The molecule has 0 amide bonds. The van der Waals surface area contributed by atoms with Gasteiger partial charge in [0.05, 0.1) is 4.88 Å². The van der Waals surface area contributed by atoms with E-state index in [1.54, 1.807) is 54.6 Å². The highest BCUT2D eigenvalue weighted by Gasteiger charge is 2.64. The van der Waals surface area contributed by atoms with Crippen LogP contribution in [0.25, 0.3) is 0 Å². The van der Waals surface area contributed by atoms with Crippen LogP contribution in [0.3, 0.4) is 0 Å². The summed E-state index contributed by atoms with van der Waals surface area (Å²) >= 11 is 6.87. The first-order chi connectivity index (χ1) is 18.3. The van der Waals surface area contributed by atoms with Crippen molar-refractivity contribution < 1.29 is 23.1 Å². The van der Waals surface area contributed by atoms with Gasteiger partial charge in [0.2, 0.25) is 0 Å². The Morgan fingerprint density at radius 2 is 1.71 bits per heavy atom. The summed E-state index contributed by atoms with van der Waals surface area (Å²) in [5.41, 5.74) is 0.693. The molecule has 1 heterocycles. The third-order valence-electron chi connectivity index (χ3n) is 6.21. The lowest BCUT2D eigenvalue weighted by Crippen LogP contribution is -2.44. The van der Waals surface area contributed by atoms with Crippen molar-refractivity contribution in [1.29, 1.82) is 0 Å². The molecule has 2 N–H and O–H groups in total. The van der Waals surface area contributed by atoms with Crippen LogP contribution < -0.4 is 9.46 Å². The Labute approximate surface area is 229 Å². The van der Waals surface area contributed by atoms with Gasteiger partial charge in [-0.25, -0.2) is 8.42 Å². The molecule has 1 fully saturated rings. The van der Waals surface area contributed by atoms with Gasteiger partial charge in [0.25, 0.3) is 10.0 Å². The van der Waals surface area contributed by atoms with Gasteiger partial charge in [-0.3, -0.25) is 4.79 Å². The number of ether oxygens (including phenoxy) is 1. The van der Waals surface area contributed by atoms with Gasteiger partial charge < -0.3 is 9.84 Å². The quantitative estimate of drug-likeness (QED) is 0.269. The minimum absolute atomic E-state index is 0.00204. The molecule has 4 aromatic rings. The van der Waals surface area contributed by atoms with Gasteiger partial charge in [0.1, 0.15) is 22.1 Å². The van der Waals surface area contributed by atoms with Crippen molar-refractivity contribution in [1.82, 2.24) is 4.72 Å². The van der Waals surface area contributed by atoms with E-state index in [4.69, 9.17) is 16.3 Å². The second-order valence-corrected chi connectivity index (χ2v) is 12.3. The number of carboxylic acids is 1. The summed E-state index contributed by atoms with van der Waals surface area (Å²) in [4.78, 5) is 12.9. The Hall–Kier alpha value is -3.61. The van der Waals surface area contributed by atoms with E-state index in [9.17, 15) is 18.3 Å². The molecule has 1 saturated carbocycles. The van der Waals surface area contributed by atoms with Crippen molar-refractivity contribution in [2.75, 3.05) is 0 Å². The Kier molecular flexibility index (Phi) is 7.28. The average Bonchev–Trinajstić information content (AvgIpc) is 3.41. The van der Waals surface area contributed by atoms with E-state index in [2.05, 4.69) is 16.6 Å². The van der Waals surface area contributed by atoms with E-state index in [0.29, 0.717) is 27.8 Å². The summed E-state index contributed by atoms with van der Waals surface area (Å²) in [7, 11) is -4.12. The van der Waals surface area contributed by atoms with E-state index in [1.807, 2.05) is 30.3 Å². The Bertz CT molecular complexity index is 1640. The number of hydrogen-bond donors (Lipinski definition) is 2. The second kappa shape index (κ2) is 10.6. The summed E-state index contributed by atoms with van der Waals surface area (Å²) in [6.45, 7) is 0.311. The number of halogens is 1. The molecule has 2 atom stereocenters. The minimum Gasteiger partial charge on any atom is -0.489 e. The van der Waals surface area contributed by atoms with Gasteiger partial charge in [-0.2, -0.15) is 4.72 Å². The van der Waals surface area contributed by atoms with E-state index < -0.39 is 27.4 Å². The summed E-state index contributed by atoms with van der Waals surface area (Å²) in [5.74, 6) is 4.63. The van der Waals surface area contributed by atoms with Crippen LogP contribution >= 0.6 is 22.9 Å². The van der Waals surface area contributed by atoms with Gasteiger partial charge in [-0.05, 0) is 60.0 Å². The van der Waals surface area contributed by atoms with Crippen LogP contribution in [0.2, 0.25) is 5.02 Å². The molecule has 1 aromatic heterocycles. The van der Waals surface area contributed by atoms with E-state index >= 15 is 0 Å². The number of aliphatic carboxylic acids is 1. The number of benzene rings is 3. The fourth-order valence-corrected chi connectivity index (χ4v) is 6.85. The fraction of sp³-hybridized carbons (Fsp3) is 0.138. The predicted molar refractivity (Wildman–Crippen MR) is 147 cm³/mol. The number of para-hydroxylation sites is 1. The first-order valence-electron chi connectivity index (χ1n) is 11.7. The molecule has 0 bridgehead atoms. The molecule has 1 aliphatic rings. The van der Waals surface area contributed by atoms with Gasteiger partial charge in [0, 0.05) is 16.5 Å². The first-order valence-corrected chi connectivity index (χ1v) is 14.3. The van der Waals surface area contributed by atoms with Crippen LogP contribution in [-0.4, -0.2) is 25.0 Å². The predicted octanol–water partition coefficient (Wildman–Crippen LogP) is 5.67. The second-order valence-electron chi connectivity index (χ2n) is 8.83. The van der Waals surface area contributed by atoms with Crippen LogP contribution in [0.15, 0.2) is 95.2 Å². The first kappa shape index (κ1) is 26.0. The van der Waals surface area contributed by atoms with E-state index in [1.165, 1.54) is 6.07 Å². The SMILES string of the molecule is O=C(O)[C@@]1(NS(=O)(=O)c2ccc(C#Cc3ccc(Cl)cc3)s2)C[C@H]1c1ccccc1OCc1ccccc1. The zero-order chi connectivity index (χ0) is 26.8. The lowest BCUT2D eigenvalue weighted by atomic mass is 10.1. The molecule has 9 heteroatoms. The maximum Gasteiger partial charge on any atom is 0.325 e. The minimum atomic E-state index is -4.12. The highest BCUT2D eigenvalue weighted by Crippen LogP contribution is 2.55. The third kappa shape index (κ3) is 5.62. The van der Waals surface area contributed by atoms with E-state index in [-0.39, 0.29) is 10.6 Å². The van der Waals surface area contributed by atoms with E-state index in [0.717, 1.165) is 22.5 Å². The topological polar surface area (TPSA) is 92.7 Å². The smallest absolute Gasteiger partial charge is 0.325 e. The summed E-state index contributed by atoms with van der Waals surface area (Å²) in [5, 5.41) is 10.7. The Balaban J connectivity index is 1.34. The monoisotopic (exact) mass is 563 g/mol. The Morgan fingerprint density at radius 3 is 2.45 bits per heavy atom. The third-order valence-corrected chi connectivity index (χ3v) is 9.47. The van der Waals surface area contributed by atoms with Crippen molar-refractivity contribution in [3.8, 4) is 17.6 Å². The summed E-state index contributed by atoms with van der Waals surface area (Å²) < 4.78 is 34.9. The largest absolute Gasteiger partial charge is 0.489 e. The van der Waals surface area contributed by atoms with Crippen molar-refractivity contribution in [2.45, 2.75) is 28.7 Å². The van der Waals surface area contributed by atoms with Crippen LogP contribution in [0.1, 0.15) is 33.9 Å². The van der Waals surface area contributed by atoms with Gasteiger partial charge in [0.15, 0.2) is 0 Å². The molecule has 3 aromatic carbocycles. The summed E-state index contributed by atoms with van der Waals surface area (Å²) in [6.07, 6.45) is 0.113. The number of carboxylic acid groups (broad SMARTS) is 1. The number of thiophene rings is 1. The zero-order valence-electron chi connectivity index (χ0n) is 19.9. The van der Waals surface area contributed by atoms with Gasteiger partial charge in [-0.1, -0.05) is 72.0 Å². The number of hydrogen-bond acceptors (Lipinski definition) is 5. The number of nitrogens with one attached hydrogen (secondary N) is 1. The number of rotatable bonds is 8. The van der Waals surface area contributed by atoms with Crippen molar-refractivity contribution in [3.63, 3.8) is 0 Å². The van der Waals surface area contributed by atoms with Gasteiger partial charge in [-0.15, -0.1) is 11.3 Å². The number of sulfonamides is 1. The molecule has 0 saturated heterocycles. The lowest BCUT2D eigenvalue weighted by molar-refractivity contribution is -0.140. The number of carbonyl (C=O) groups is 1. The maximum atomic E-state index is 13.2.